The van der Waals surface area contributed by atoms with Crippen molar-refractivity contribution in [2.75, 3.05) is 18.4 Å². The average Bonchev–Trinajstić information content (AvgIpc) is 2.56. The Kier molecular flexibility index (Phi) is 3.99. The number of hydrogen-bond acceptors (Lipinski definition) is 5. The van der Waals surface area contributed by atoms with E-state index in [-0.39, 0.29) is 5.41 Å². The summed E-state index contributed by atoms with van der Waals surface area (Å²) in [5.74, 6) is 0.941. The molecule has 0 bridgehead atoms. The topological polar surface area (TPSA) is 49.8 Å². The monoisotopic (exact) mass is 254 g/mol. The fourth-order valence-electron chi connectivity index (χ4n) is 1.92. The minimum Gasteiger partial charge on any atom is -0.358 e. The molecule has 17 heavy (non-hydrogen) atoms. The van der Waals surface area contributed by atoms with Crippen LogP contribution in [-0.4, -0.2) is 28.5 Å². The summed E-state index contributed by atoms with van der Waals surface area (Å²) in [5.41, 5.74) is 0.0431. The average molecular weight is 254 g/mol. The summed E-state index contributed by atoms with van der Waals surface area (Å²) < 4.78 is 4.43. The molecule has 0 aliphatic carbocycles. The normalized spacial score (nSPS) is 22.2. The second-order valence-corrected chi connectivity index (χ2v) is 6.45. The van der Waals surface area contributed by atoms with Crippen molar-refractivity contribution in [1.82, 2.24) is 14.7 Å². The Labute approximate surface area is 107 Å². The van der Waals surface area contributed by atoms with Gasteiger partial charge < -0.3 is 10.6 Å². The Morgan fingerprint density at radius 1 is 1.29 bits per heavy atom. The molecule has 1 atom stereocenters. The van der Waals surface area contributed by atoms with Crippen LogP contribution in [0.3, 0.4) is 0 Å². The summed E-state index contributed by atoms with van der Waals surface area (Å²) in [6.07, 6.45) is 3.63. The molecule has 1 aliphatic rings. The molecule has 0 saturated carbocycles. The molecule has 0 amide bonds. The maximum absolute atomic E-state index is 4.58. The van der Waals surface area contributed by atoms with Gasteiger partial charge in [-0.25, -0.2) is 4.98 Å². The number of nitrogens with zero attached hydrogens (tertiary/aromatic N) is 2. The third-order valence-electron chi connectivity index (χ3n) is 3.00. The molecule has 1 fully saturated rings. The van der Waals surface area contributed by atoms with E-state index in [1.54, 1.807) is 0 Å². The Morgan fingerprint density at radius 2 is 2.12 bits per heavy atom. The van der Waals surface area contributed by atoms with E-state index in [4.69, 9.17) is 0 Å². The van der Waals surface area contributed by atoms with Crippen molar-refractivity contribution in [3.05, 3.63) is 5.82 Å². The van der Waals surface area contributed by atoms with Gasteiger partial charge in [-0.1, -0.05) is 20.8 Å². The molecule has 96 valence electrons. The lowest BCUT2D eigenvalue weighted by Gasteiger charge is -2.15. The summed E-state index contributed by atoms with van der Waals surface area (Å²) >= 11 is 1.48. The molecule has 1 aromatic heterocycles. The lowest BCUT2D eigenvalue weighted by atomic mass is 9.96. The van der Waals surface area contributed by atoms with Crippen molar-refractivity contribution in [1.29, 1.82) is 0 Å². The van der Waals surface area contributed by atoms with Crippen LogP contribution in [0.2, 0.25) is 0 Å². The molecule has 2 rings (SSSR count). The van der Waals surface area contributed by atoms with Gasteiger partial charge in [-0.2, -0.15) is 4.37 Å². The largest absolute Gasteiger partial charge is 0.358 e. The highest BCUT2D eigenvalue weighted by Crippen LogP contribution is 2.24. The Morgan fingerprint density at radius 3 is 2.82 bits per heavy atom. The predicted molar refractivity (Wildman–Crippen MR) is 72.7 cm³/mol. The number of hydrogen-bond donors (Lipinski definition) is 2. The molecule has 0 aromatic carbocycles. The van der Waals surface area contributed by atoms with Crippen LogP contribution in [0.4, 0.5) is 5.13 Å². The summed E-state index contributed by atoms with van der Waals surface area (Å²) in [6, 6.07) is 0.547. The van der Waals surface area contributed by atoms with E-state index in [0.717, 1.165) is 24.0 Å². The standard InChI is InChI=1S/C12H22N4S/c1-12(2,3)10-15-11(17-16-10)14-9-5-4-7-13-8-6-9/h9,13H,4-8H2,1-3H3,(H,14,15,16). The van der Waals surface area contributed by atoms with Crippen LogP contribution in [-0.2, 0) is 5.41 Å². The fraction of sp³-hybridized carbons (Fsp3) is 0.833. The smallest absolute Gasteiger partial charge is 0.202 e. The fourth-order valence-corrected chi connectivity index (χ4v) is 2.76. The Hall–Kier alpha value is -0.680. The second kappa shape index (κ2) is 5.31. The lowest BCUT2D eigenvalue weighted by Crippen LogP contribution is -2.21. The van der Waals surface area contributed by atoms with Gasteiger partial charge in [-0.15, -0.1) is 0 Å². The van der Waals surface area contributed by atoms with E-state index in [9.17, 15) is 0 Å². The van der Waals surface area contributed by atoms with Crippen LogP contribution in [0.15, 0.2) is 0 Å². The number of anilines is 1. The van der Waals surface area contributed by atoms with Crippen molar-refractivity contribution in [2.45, 2.75) is 51.5 Å². The van der Waals surface area contributed by atoms with Crippen LogP contribution in [0.25, 0.3) is 0 Å². The van der Waals surface area contributed by atoms with Crippen LogP contribution < -0.4 is 10.6 Å². The molecule has 2 heterocycles. The Bertz CT molecular complexity index is 348. The van der Waals surface area contributed by atoms with E-state index in [2.05, 4.69) is 40.8 Å². The van der Waals surface area contributed by atoms with E-state index in [1.165, 1.54) is 30.8 Å². The third-order valence-corrected chi connectivity index (χ3v) is 3.65. The first kappa shape index (κ1) is 12.8. The zero-order valence-corrected chi connectivity index (χ0v) is 11.7. The minimum absolute atomic E-state index is 0.0431. The van der Waals surface area contributed by atoms with Crippen molar-refractivity contribution in [3.63, 3.8) is 0 Å². The van der Waals surface area contributed by atoms with E-state index < -0.39 is 0 Å². The van der Waals surface area contributed by atoms with Gasteiger partial charge in [0.05, 0.1) is 0 Å². The highest BCUT2D eigenvalue weighted by atomic mass is 32.1. The highest BCUT2D eigenvalue weighted by molar-refractivity contribution is 7.09. The first-order valence-corrected chi connectivity index (χ1v) is 7.14. The summed E-state index contributed by atoms with van der Waals surface area (Å²) in [4.78, 5) is 4.58. The van der Waals surface area contributed by atoms with Crippen LogP contribution >= 0.6 is 11.5 Å². The summed E-state index contributed by atoms with van der Waals surface area (Å²) in [5, 5.41) is 7.91. The SMILES string of the molecule is CC(C)(C)c1nsc(NC2CCCNCC2)n1. The molecule has 1 unspecified atom stereocenters. The molecule has 2 N–H and O–H groups in total. The van der Waals surface area contributed by atoms with Gasteiger partial charge in [0, 0.05) is 23.0 Å². The van der Waals surface area contributed by atoms with Crippen LogP contribution in [0.1, 0.15) is 45.9 Å². The maximum Gasteiger partial charge on any atom is 0.202 e. The maximum atomic E-state index is 4.58. The van der Waals surface area contributed by atoms with Crippen molar-refractivity contribution in [3.8, 4) is 0 Å². The number of rotatable bonds is 2. The van der Waals surface area contributed by atoms with Crippen molar-refractivity contribution in [2.24, 2.45) is 0 Å². The predicted octanol–water partition coefficient (Wildman–Crippen LogP) is 2.39. The van der Waals surface area contributed by atoms with E-state index in [0.29, 0.717) is 6.04 Å². The molecule has 0 spiro atoms. The summed E-state index contributed by atoms with van der Waals surface area (Å²) in [7, 11) is 0. The molecular formula is C12H22N4S. The van der Waals surface area contributed by atoms with Gasteiger partial charge in [0.15, 0.2) is 0 Å². The van der Waals surface area contributed by atoms with Gasteiger partial charge in [0.25, 0.3) is 0 Å². The second-order valence-electron chi connectivity index (χ2n) is 5.70. The first-order valence-electron chi connectivity index (χ1n) is 6.37. The molecule has 5 heteroatoms. The molecule has 4 nitrogen and oxygen atoms in total. The number of nitrogens with one attached hydrogen (secondary N) is 2. The first-order chi connectivity index (χ1) is 8.05. The molecule has 0 radical (unpaired) electrons. The van der Waals surface area contributed by atoms with Gasteiger partial charge in [0.2, 0.25) is 5.13 Å². The van der Waals surface area contributed by atoms with Gasteiger partial charge >= 0.3 is 0 Å². The third kappa shape index (κ3) is 3.64. The minimum atomic E-state index is 0.0431. The van der Waals surface area contributed by atoms with E-state index >= 15 is 0 Å². The molecule has 1 saturated heterocycles. The zero-order valence-electron chi connectivity index (χ0n) is 10.9. The van der Waals surface area contributed by atoms with Crippen molar-refractivity contribution < 1.29 is 0 Å². The molecule has 1 aromatic rings. The van der Waals surface area contributed by atoms with Crippen molar-refractivity contribution >= 4 is 16.7 Å². The zero-order chi connectivity index (χ0) is 12.3. The van der Waals surface area contributed by atoms with Gasteiger partial charge in [0.1, 0.15) is 5.82 Å². The van der Waals surface area contributed by atoms with Gasteiger partial charge in [-0.05, 0) is 32.4 Å². The molecule has 1 aliphatic heterocycles. The van der Waals surface area contributed by atoms with E-state index in [1.807, 2.05) is 0 Å². The van der Waals surface area contributed by atoms with Crippen LogP contribution in [0, 0.1) is 0 Å². The summed E-state index contributed by atoms with van der Waals surface area (Å²) in [6.45, 7) is 8.68. The molecular weight excluding hydrogens is 232 g/mol. The quantitative estimate of drug-likeness (QED) is 0.851. The lowest BCUT2D eigenvalue weighted by molar-refractivity contribution is 0.554. The van der Waals surface area contributed by atoms with Gasteiger partial charge in [-0.3, -0.25) is 0 Å². The number of aromatic nitrogens is 2. The van der Waals surface area contributed by atoms with Crippen LogP contribution in [0.5, 0.6) is 0 Å². The Balaban J connectivity index is 1.96. The highest BCUT2D eigenvalue weighted by Gasteiger charge is 2.20.